The van der Waals surface area contributed by atoms with Gasteiger partial charge in [0.2, 0.25) is 0 Å². The quantitative estimate of drug-likeness (QED) is 0.902. The molecule has 2 aromatic rings. The lowest BCUT2D eigenvalue weighted by atomic mass is 10.0. The van der Waals surface area contributed by atoms with Crippen LogP contribution in [-0.2, 0) is 6.18 Å². The molecule has 1 amide bonds. The maximum Gasteiger partial charge on any atom is 0.416 e. The van der Waals surface area contributed by atoms with E-state index in [2.05, 4.69) is 5.32 Å². The van der Waals surface area contributed by atoms with Gasteiger partial charge in [-0.1, -0.05) is 30.3 Å². The topological polar surface area (TPSA) is 32.3 Å². The highest BCUT2D eigenvalue weighted by molar-refractivity contribution is 5.94. The van der Waals surface area contributed by atoms with Gasteiger partial charge in [-0.05, 0) is 43.9 Å². The molecular weight excluding hydrogens is 317 g/mol. The Morgan fingerprint density at radius 1 is 1.04 bits per heavy atom. The summed E-state index contributed by atoms with van der Waals surface area (Å²) >= 11 is 0. The second kappa shape index (κ2) is 7.49. The number of rotatable bonds is 5. The van der Waals surface area contributed by atoms with Crippen molar-refractivity contribution in [1.29, 1.82) is 0 Å². The van der Waals surface area contributed by atoms with Gasteiger partial charge in [-0.2, -0.15) is 13.2 Å². The lowest BCUT2D eigenvalue weighted by Crippen LogP contribution is -2.34. The molecule has 1 unspecified atom stereocenters. The summed E-state index contributed by atoms with van der Waals surface area (Å²) in [7, 11) is 3.63. The van der Waals surface area contributed by atoms with E-state index in [9.17, 15) is 18.0 Å². The van der Waals surface area contributed by atoms with Crippen molar-refractivity contribution in [2.24, 2.45) is 0 Å². The number of nitrogens with zero attached hydrogens (tertiary/aromatic N) is 1. The van der Waals surface area contributed by atoms with Crippen LogP contribution in [0.5, 0.6) is 0 Å². The minimum absolute atomic E-state index is 0.214. The molecule has 0 heterocycles. The van der Waals surface area contributed by atoms with Gasteiger partial charge in [0.25, 0.3) is 5.91 Å². The molecule has 0 aliphatic carbocycles. The number of alkyl halides is 3. The van der Waals surface area contributed by atoms with Gasteiger partial charge >= 0.3 is 6.18 Å². The van der Waals surface area contributed by atoms with Crippen LogP contribution in [0.1, 0.15) is 27.5 Å². The first-order chi connectivity index (χ1) is 11.3. The fraction of sp³-hybridized carbons (Fsp3) is 0.278. The number of hydrogen-bond acceptors (Lipinski definition) is 2. The molecular formula is C18H19F3N2O. The van der Waals surface area contributed by atoms with Crippen LogP contribution in [0.4, 0.5) is 13.2 Å². The van der Waals surface area contributed by atoms with Crippen LogP contribution < -0.4 is 5.32 Å². The van der Waals surface area contributed by atoms with Crippen molar-refractivity contribution in [2.75, 3.05) is 20.6 Å². The molecule has 0 saturated heterocycles. The third-order valence-electron chi connectivity index (χ3n) is 3.74. The van der Waals surface area contributed by atoms with Gasteiger partial charge in [0.15, 0.2) is 0 Å². The molecule has 0 spiro atoms. The van der Waals surface area contributed by atoms with Gasteiger partial charge in [-0.3, -0.25) is 4.79 Å². The first kappa shape index (κ1) is 18.0. The molecule has 1 N–H and O–H groups in total. The van der Waals surface area contributed by atoms with E-state index in [1.165, 1.54) is 12.1 Å². The molecule has 0 aromatic heterocycles. The predicted molar refractivity (Wildman–Crippen MR) is 86.6 cm³/mol. The number of halogens is 3. The van der Waals surface area contributed by atoms with Crippen molar-refractivity contribution in [2.45, 2.75) is 12.2 Å². The smallest absolute Gasteiger partial charge is 0.350 e. The van der Waals surface area contributed by atoms with Crippen molar-refractivity contribution < 1.29 is 18.0 Å². The fourth-order valence-corrected chi connectivity index (χ4v) is 2.37. The summed E-state index contributed by atoms with van der Waals surface area (Å²) in [6.07, 6.45) is -4.35. The van der Waals surface area contributed by atoms with Gasteiger partial charge in [0.05, 0.1) is 11.6 Å². The van der Waals surface area contributed by atoms with Gasteiger partial charge in [0, 0.05) is 12.1 Å². The largest absolute Gasteiger partial charge is 0.416 e. The Morgan fingerprint density at radius 3 is 2.12 bits per heavy atom. The molecule has 0 fully saturated rings. The normalized spacial score (nSPS) is 12.9. The summed E-state index contributed by atoms with van der Waals surface area (Å²) < 4.78 is 38.0. The third kappa shape index (κ3) is 4.58. The van der Waals surface area contributed by atoms with Crippen LogP contribution in [0.25, 0.3) is 0 Å². The molecule has 0 radical (unpaired) electrons. The van der Waals surface area contributed by atoms with Crippen molar-refractivity contribution in [3.8, 4) is 0 Å². The SMILES string of the molecule is CN(C)C(CNC(=O)c1ccccc1)c1ccc(C(F)(F)F)cc1. The summed E-state index contributed by atoms with van der Waals surface area (Å²) in [4.78, 5) is 14.0. The standard InChI is InChI=1S/C18H19F3N2O/c1-23(2)16(12-22-17(24)14-6-4-3-5-7-14)13-8-10-15(11-9-13)18(19,20)21/h3-11,16H,12H2,1-2H3,(H,22,24). The molecule has 0 aliphatic rings. The average Bonchev–Trinajstić information content (AvgIpc) is 2.55. The van der Waals surface area contributed by atoms with Crippen molar-refractivity contribution in [3.05, 3.63) is 71.3 Å². The Hall–Kier alpha value is -2.34. The zero-order valence-electron chi connectivity index (χ0n) is 13.5. The number of hydrogen-bond donors (Lipinski definition) is 1. The van der Waals surface area contributed by atoms with Crippen LogP contribution in [0.3, 0.4) is 0 Å². The number of likely N-dealkylation sites (N-methyl/N-ethyl adjacent to an activating group) is 1. The first-order valence-electron chi connectivity index (χ1n) is 7.46. The second-order valence-corrected chi connectivity index (χ2v) is 5.68. The number of carbonyl (C=O) groups is 1. The maximum atomic E-state index is 12.7. The molecule has 1 atom stereocenters. The summed E-state index contributed by atoms with van der Waals surface area (Å²) in [5, 5.41) is 2.82. The Morgan fingerprint density at radius 2 is 1.62 bits per heavy atom. The number of amides is 1. The van der Waals surface area contributed by atoms with Crippen LogP contribution in [0.15, 0.2) is 54.6 Å². The summed E-state index contributed by atoms with van der Waals surface area (Å²) in [5.74, 6) is -0.214. The van der Waals surface area contributed by atoms with E-state index in [1.807, 2.05) is 25.1 Å². The minimum Gasteiger partial charge on any atom is -0.350 e. The molecule has 6 heteroatoms. The van der Waals surface area contributed by atoms with E-state index in [-0.39, 0.29) is 11.9 Å². The summed E-state index contributed by atoms with van der Waals surface area (Å²) in [6.45, 7) is 0.298. The lowest BCUT2D eigenvalue weighted by Gasteiger charge is -2.25. The highest BCUT2D eigenvalue weighted by Gasteiger charge is 2.30. The van der Waals surface area contributed by atoms with E-state index in [4.69, 9.17) is 0 Å². The summed E-state index contributed by atoms with van der Waals surface area (Å²) in [5.41, 5.74) is 0.570. The van der Waals surface area contributed by atoms with Gasteiger partial charge in [-0.25, -0.2) is 0 Å². The molecule has 2 rings (SSSR count). The Labute approximate surface area is 139 Å². The van der Waals surface area contributed by atoms with E-state index >= 15 is 0 Å². The zero-order chi connectivity index (χ0) is 17.7. The zero-order valence-corrected chi connectivity index (χ0v) is 13.5. The highest BCUT2D eigenvalue weighted by atomic mass is 19.4. The first-order valence-corrected chi connectivity index (χ1v) is 7.46. The van der Waals surface area contributed by atoms with Gasteiger partial charge in [-0.15, -0.1) is 0 Å². The number of carbonyl (C=O) groups excluding carboxylic acids is 1. The van der Waals surface area contributed by atoms with Crippen LogP contribution >= 0.6 is 0 Å². The Balaban J connectivity index is 2.08. The maximum absolute atomic E-state index is 12.7. The molecule has 0 saturated carbocycles. The number of nitrogens with one attached hydrogen (secondary N) is 1. The lowest BCUT2D eigenvalue weighted by molar-refractivity contribution is -0.137. The minimum atomic E-state index is -4.35. The van der Waals surface area contributed by atoms with E-state index in [0.29, 0.717) is 17.7 Å². The molecule has 128 valence electrons. The molecule has 0 aliphatic heterocycles. The van der Waals surface area contributed by atoms with Crippen molar-refractivity contribution in [3.63, 3.8) is 0 Å². The third-order valence-corrected chi connectivity index (χ3v) is 3.74. The van der Waals surface area contributed by atoms with E-state index in [1.54, 1.807) is 24.3 Å². The van der Waals surface area contributed by atoms with Gasteiger partial charge in [0.1, 0.15) is 0 Å². The van der Waals surface area contributed by atoms with Crippen molar-refractivity contribution in [1.82, 2.24) is 10.2 Å². The highest BCUT2D eigenvalue weighted by Crippen LogP contribution is 2.30. The van der Waals surface area contributed by atoms with Gasteiger partial charge < -0.3 is 10.2 Å². The fourth-order valence-electron chi connectivity index (χ4n) is 2.37. The predicted octanol–water partition coefficient (Wildman–Crippen LogP) is 3.74. The Bertz CT molecular complexity index is 667. The molecule has 2 aromatic carbocycles. The Kier molecular flexibility index (Phi) is 5.62. The monoisotopic (exact) mass is 336 g/mol. The molecule has 24 heavy (non-hydrogen) atoms. The van der Waals surface area contributed by atoms with Crippen LogP contribution in [0.2, 0.25) is 0 Å². The second-order valence-electron chi connectivity index (χ2n) is 5.68. The van der Waals surface area contributed by atoms with E-state index < -0.39 is 11.7 Å². The molecule has 0 bridgehead atoms. The number of benzene rings is 2. The van der Waals surface area contributed by atoms with Crippen molar-refractivity contribution >= 4 is 5.91 Å². The van der Waals surface area contributed by atoms with E-state index in [0.717, 1.165) is 12.1 Å². The molecule has 3 nitrogen and oxygen atoms in total. The summed E-state index contributed by atoms with van der Waals surface area (Å²) in [6, 6.07) is 13.6. The van der Waals surface area contributed by atoms with Crippen LogP contribution in [0, 0.1) is 0 Å². The average molecular weight is 336 g/mol. The van der Waals surface area contributed by atoms with Crippen LogP contribution in [-0.4, -0.2) is 31.4 Å².